The standard InChI is InChI=1S/C20H19FN2O/c1-12-9-10-17-15(11-12)13-6-4-8-18(19(13)22-17)23-20(24)14-5-2-3-7-16(14)21/h2-3,5,7,9-11,18,22H,4,6,8H2,1H3,(H,23,24). The van der Waals surface area contributed by atoms with Gasteiger partial charge < -0.3 is 10.3 Å². The van der Waals surface area contributed by atoms with Gasteiger partial charge in [0.25, 0.3) is 5.91 Å². The molecule has 4 rings (SSSR count). The molecule has 24 heavy (non-hydrogen) atoms. The molecule has 1 aliphatic carbocycles. The van der Waals surface area contributed by atoms with Crippen LogP contribution in [0.15, 0.2) is 42.5 Å². The third-order valence-corrected chi connectivity index (χ3v) is 4.79. The van der Waals surface area contributed by atoms with Gasteiger partial charge in [0.2, 0.25) is 0 Å². The van der Waals surface area contributed by atoms with Crippen LogP contribution in [0.2, 0.25) is 0 Å². The molecule has 1 amide bonds. The SMILES string of the molecule is Cc1ccc2[nH]c3c(c2c1)CCCC3NC(=O)c1ccccc1F. The van der Waals surface area contributed by atoms with Crippen molar-refractivity contribution in [2.75, 3.05) is 0 Å². The molecule has 0 saturated heterocycles. The molecule has 3 aromatic rings. The van der Waals surface area contributed by atoms with E-state index in [1.54, 1.807) is 12.1 Å². The van der Waals surface area contributed by atoms with E-state index in [-0.39, 0.29) is 17.5 Å². The molecule has 1 atom stereocenters. The van der Waals surface area contributed by atoms with E-state index in [1.165, 1.54) is 28.6 Å². The maximum Gasteiger partial charge on any atom is 0.254 e. The molecule has 0 aliphatic heterocycles. The number of hydrogen-bond acceptors (Lipinski definition) is 1. The zero-order valence-corrected chi connectivity index (χ0v) is 13.5. The molecular formula is C20H19FN2O. The lowest BCUT2D eigenvalue weighted by Gasteiger charge is -2.24. The highest BCUT2D eigenvalue weighted by Gasteiger charge is 2.26. The van der Waals surface area contributed by atoms with Crippen LogP contribution < -0.4 is 5.32 Å². The second-order valence-electron chi connectivity index (χ2n) is 6.46. The molecule has 1 unspecified atom stereocenters. The molecule has 2 aromatic carbocycles. The molecule has 1 aromatic heterocycles. The van der Waals surface area contributed by atoms with E-state index in [4.69, 9.17) is 0 Å². The Balaban J connectivity index is 1.68. The van der Waals surface area contributed by atoms with Gasteiger partial charge in [0.15, 0.2) is 0 Å². The Kier molecular flexibility index (Phi) is 3.60. The van der Waals surface area contributed by atoms with Crippen LogP contribution in [0.25, 0.3) is 10.9 Å². The largest absolute Gasteiger partial charge is 0.356 e. The molecule has 4 heteroatoms. The van der Waals surface area contributed by atoms with Crippen molar-refractivity contribution >= 4 is 16.8 Å². The lowest BCUT2D eigenvalue weighted by molar-refractivity contribution is 0.0928. The summed E-state index contributed by atoms with van der Waals surface area (Å²) in [5, 5.41) is 4.23. The van der Waals surface area contributed by atoms with Gasteiger partial charge in [-0.1, -0.05) is 23.8 Å². The Morgan fingerprint density at radius 1 is 1.25 bits per heavy atom. The van der Waals surface area contributed by atoms with Gasteiger partial charge in [-0.2, -0.15) is 0 Å². The summed E-state index contributed by atoms with van der Waals surface area (Å²) < 4.78 is 13.8. The Bertz CT molecular complexity index is 929. The first-order valence-electron chi connectivity index (χ1n) is 8.30. The van der Waals surface area contributed by atoms with Gasteiger partial charge in [0.05, 0.1) is 11.6 Å². The number of benzene rings is 2. The summed E-state index contributed by atoms with van der Waals surface area (Å²) in [4.78, 5) is 15.9. The van der Waals surface area contributed by atoms with Crippen LogP contribution in [-0.2, 0) is 6.42 Å². The summed E-state index contributed by atoms with van der Waals surface area (Å²) in [7, 11) is 0. The van der Waals surface area contributed by atoms with Crippen molar-refractivity contribution in [3.63, 3.8) is 0 Å². The average Bonchev–Trinajstić information content (AvgIpc) is 2.94. The molecule has 0 bridgehead atoms. The van der Waals surface area contributed by atoms with Gasteiger partial charge in [-0.05, 0) is 56.0 Å². The highest BCUT2D eigenvalue weighted by atomic mass is 19.1. The minimum Gasteiger partial charge on any atom is -0.356 e. The van der Waals surface area contributed by atoms with Crippen LogP contribution in [0, 0.1) is 12.7 Å². The zero-order chi connectivity index (χ0) is 16.7. The maximum absolute atomic E-state index is 13.8. The summed E-state index contributed by atoms with van der Waals surface area (Å²) in [6, 6.07) is 12.3. The van der Waals surface area contributed by atoms with Crippen molar-refractivity contribution in [1.29, 1.82) is 0 Å². The van der Waals surface area contributed by atoms with E-state index < -0.39 is 5.82 Å². The number of nitrogens with one attached hydrogen (secondary N) is 2. The average molecular weight is 322 g/mol. The lowest BCUT2D eigenvalue weighted by atomic mass is 9.91. The minimum atomic E-state index is -0.488. The molecular weight excluding hydrogens is 303 g/mol. The number of aromatic nitrogens is 1. The fraction of sp³-hybridized carbons (Fsp3) is 0.250. The second kappa shape index (κ2) is 5.78. The van der Waals surface area contributed by atoms with Crippen molar-refractivity contribution in [3.8, 4) is 0 Å². The fourth-order valence-corrected chi connectivity index (χ4v) is 3.60. The number of aryl methyl sites for hydroxylation is 2. The molecule has 3 nitrogen and oxygen atoms in total. The predicted octanol–water partition coefficient (Wildman–Crippen LogP) is 4.42. The highest BCUT2D eigenvalue weighted by molar-refractivity contribution is 5.95. The summed E-state index contributed by atoms with van der Waals surface area (Å²) in [6.07, 6.45) is 2.87. The monoisotopic (exact) mass is 322 g/mol. The lowest BCUT2D eigenvalue weighted by Crippen LogP contribution is -2.31. The Labute approximate surface area is 139 Å². The van der Waals surface area contributed by atoms with Crippen LogP contribution in [0.5, 0.6) is 0 Å². The number of carbonyl (C=O) groups excluding carboxylic acids is 1. The number of carbonyl (C=O) groups is 1. The Hall–Kier alpha value is -2.62. The van der Waals surface area contributed by atoms with Gasteiger partial charge in [0.1, 0.15) is 5.82 Å². The number of fused-ring (bicyclic) bond motifs is 3. The number of rotatable bonds is 2. The van der Waals surface area contributed by atoms with E-state index in [0.29, 0.717) is 0 Å². The van der Waals surface area contributed by atoms with Crippen LogP contribution in [0.1, 0.15) is 46.1 Å². The summed E-state index contributed by atoms with van der Waals surface area (Å²) >= 11 is 0. The van der Waals surface area contributed by atoms with E-state index in [1.807, 2.05) is 0 Å². The molecule has 0 radical (unpaired) electrons. The number of hydrogen-bond donors (Lipinski definition) is 2. The van der Waals surface area contributed by atoms with Crippen molar-refractivity contribution < 1.29 is 9.18 Å². The Morgan fingerprint density at radius 3 is 2.92 bits per heavy atom. The van der Waals surface area contributed by atoms with E-state index in [0.717, 1.165) is 30.5 Å². The fourth-order valence-electron chi connectivity index (χ4n) is 3.60. The third-order valence-electron chi connectivity index (χ3n) is 4.79. The van der Waals surface area contributed by atoms with Crippen LogP contribution in [0.4, 0.5) is 4.39 Å². The normalized spacial score (nSPS) is 16.8. The minimum absolute atomic E-state index is 0.0941. The van der Waals surface area contributed by atoms with E-state index in [2.05, 4.69) is 35.4 Å². The zero-order valence-electron chi connectivity index (χ0n) is 13.5. The van der Waals surface area contributed by atoms with Gasteiger partial charge >= 0.3 is 0 Å². The molecule has 122 valence electrons. The summed E-state index contributed by atoms with van der Waals surface area (Å²) in [6.45, 7) is 2.08. The van der Waals surface area contributed by atoms with Gasteiger partial charge in [-0.3, -0.25) is 4.79 Å². The van der Waals surface area contributed by atoms with Crippen molar-refractivity contribution in [2.24, 2.45) is 0 Å². The second-order valence-corrected chi connectivity index (χ2v) is 6.46. The Morgan fingerprint density at radius 2 is 2.08 bits per heavy atom. The van der Waals surface area contributed by atoms with Gasteiger partial charge in [-0.25, -0.2) is 4.39 Å². The van der Waals surface area contributed by atoms with E-state index in [9.17, 15) is 9.18 Å². The predicted molar refractivity (Wildman–Crippen MR) is 92.6 cm³/mol. The molecule has 1 heterocycles. The first-order valence-corrected chi connectivity index (χ1v) is 8.30. The molecule has 0 fully saturated rings. The van der Waals surface area contributed by atoms with Crippen LogP contribution in [-0.4, -0.2) is 10.9 Å². The number of H-pyrrole nitrogens is 1. The number of aromatic amines is 1. The molecule has 0 saturated carbocycles. The topological polar surface area (TPSA) is 44.9 Å². The third kappa shape index (κ3) is 2.48. The smallest absolute Gasteiger partial charge is 0.254 e. The summed E-state index contributed by atoms with van der Waals surface area (Å²) in [5.41, 5.74) is 4.75. The number of amides is 1. The number of halogens is 1. The van der Waals surface area contributed by atoms with Crippen LogP contribution in [0.3, 0.4) is 0 Å². The maximum atomic E-state index is 13.8. The first kappa shape index (κ1) is 14.9. The molecule has 1 aliphatic rings. The van der Waals surface area contributed by atoms with E-state index >= 15 is 0 Å². The van der Waals surface area contributed by atoms with Crippen molar-refractivity contribution in [2.45, 2.75) is 32.2 Å². The first-order chi connectivity index (χ1) is 11.6. The van der Waals surface area contributed by atoms with Crippen LogP contribution >= 0.6 is 0 Å². The van der Waals surface area contributed by atoms with Crippen molar-refractivity contribution in [1.82, 2.24) is 10.3 Å². The van der Waals surface area contributed by atoms with Gasteiger partial charge in [-0.15, -0.1) is 0 Å². The quantitative estimate of drug-likeness (QED) is 0.720. The molecule has 2 N–H and O–H groups in total. The van der Waals surface area contributed by atoms with Crippen molar-refractivity contribution in [3.05, 3.63) is 70.7 Å². The van der Waals surface area contributed by atoms with Gasteiger partial charge in [0, 0.05) is 16.6 Å². The summed E-state index contributed by atoms with van der Waals surface area (Å²) in [5.74, 6) is -0.848. The highest BCUT2D eigenvalue weighted by Crippen LogP contribution is 2.35. The molecule has 0 spiro atoms.